The maximum Gasteiger partial charge on any atom is 0.281 e. The first-order chi connectivity index (χ1) is 10.5. The van der Waals surface area contributed by atoms with E-state index in [0.29, 0.717) is 13.1 Å². The number of anilines is 1. The highest BCUT2D eigenvalue weighted by Crippen LogP contribution is 2.30. The Balaban J connectivity index is 1.92. The van der Waals surface area contributed by atoms with Crippen LogP contribution in [-0.4, -0.2) is 63.8 Å². The van der Waals surface area contributed by atoms with Gasteiger partial charge in [-0.2, -0.15) is 17.0 Å². The fraction of sp³-hybridized carbons (Fsp3) is 0.600. The van der Waals surface area contributed by atoms with E-state index in [9.17, 15) is 8.42 Å². The van der Waals surface area contributed by atoms with Gasteiger partial charge in [0.1, 0.15) is 0 Å². The van der Waals surface area contributed by atoms with Crippen molar-refractivity contribution in [3.8, 4) is 0 Å². The zero-order valence-corrected chi connectivity index (χ0v) is 14.1. The molecular formula is C15H24N4O2S. The second kappa shape index (κ2) is 6.16. The highest BCUT2D eigenvalue weighted by Gasteiger charge is 2.30. The van der Waals surface area contributed by atoms with Crippen molar-refractivity contribution in [2.75, 3.05) is 51.7 Å². The molecule has 122 valence electrons. The van der Waals surface area contributed by atoms with Crippen molar-refractivity contribution >= 4 is 15.9 Å². The van der Waals surface area contributed by atoms with Crippen molar-refractivity contribution in [1.29, 1.82) is 0 Å². The van der Waals surface area contributed by atoms with Gasteiger partial charge >= 0.3 is 0 Å². The monoisotopic (exact) mass is 324 g/mol. The molecule has 0 unspecified atom stereocenters. The minimum Gasteiger partial charge on any atom is -0.369 e. The van der Waals surface area contributed by atoms with E-state index in [0.717, 1.165) is 32.6 Å². The number of benzene rings is 1. The predicted octanol–water partition coefficient (Wildman–Crippen LogP) is 0.261. The third-order valence-electron chi connectivity index (χ3n) is 4.46. The maximum atomic E-state index is 12.4. The minimum atomic E-state index is -3.35. The summed E-state index contributed by atoms with van der Waals surface area (Å²) in [6.45, 7) is 4.91. The smallest absolute Gasteiger partial charge is 0.281 e. The Morgan fingerprint density at radius 2 is 1.86 bits per heavy atom. The van der Waals surface area contributed by atoms with Gasteiger partial charge in [-0.25, -0.2) is 0 Å². The van der Waals surface area contributed by atoms with Gasteiger partial charge in [0.2, 0.25) is 0 Å². The van der Waals surface area contributed by atoms with Crippen LogP contribution in [0.4, 0.5) is 5.69 Å². The number of nitrogens with zero attached hydrogens (tertiary/aromatic N) is 3. The molecular weight excluding hydrogens is 300 g/mol. The van der Waals surface area contributed by atoms with Gasteiger partial charge in [0.15, 0.2) is 0 Å². The number of nitrogens with one attached hydrogen (secondary N) is 1. The largest absolute Gasteiger partial charge is 0.369 e. The Bertz CT molecular complexity index is 639. The van der Waals surface area contributed by atoms with Gasteiger partial charge in [0.05, 0.1) is 0 Å². The fourth-order valence-electron chi connectivity index (χ4n) is 3.17. The van der Waals surface area contributed by atoms with Crippen molar-refractivity contribution in [1.82, 2.24) is 13.9 Å². The first kappa shape index (κ1) is 15.7. The zero-order chi connectivity index (χ0) is 15.7. The van der Waals surface area contributed by atoms with Gasteiger partial charge in [-0.3, -0.25) is 0 Å². The molecule has 0 radical (unpaired) electrons. The molecule has 0 bridgehead atoms. The Kier molecular flexibility index (Phi) is 4.40. The fourth-order valence-corrected chi connectivity index (χ4v) is 4.24. The summed E-state index contributed by atoms with van der Waals surface area (Å²) in [6, 6.07) is 6.34. The highest BCUT2D eigenvalue weighted by molar-refractivity contribution is 7.86. The van der Waals surface area contributed by atoms with Gasteiger partial charge < -0.3 is 10.2 Å². The molecule has 3 rings (SSSR count). The van der Waals surface area contributed by atoms with Crippen LogP contribution in [0.25, 0.3) is 0 Å². The molecule has 0 aliphatic carbocycles. The summed E-state index contributed by atoms with van der Waals surface area (Å²) >= 11 is 0. The lowest BCUT2D eigenvalue weighted by molar-refractivity contribution is 0.358. The van der Waals surface area contributed by atoms with Crippen LogP contribution in [0.5, 0.6) is 0 Å². The summed E-state index contributed by atoms with van der Waals surface area (Å²) in [5, 5.41) is 3.36. The number of hydrogen-bond acceptors (Lipinski definition) is 4. The summed E-state index contributed by atoms with van der Waals surface area (Å²) < 4.78 is 27.7. The van der Waals surface area contributed by atoms with Crippen molar-refractivity contribution < 1.29 is 8.42 Å². The third kappa shape index (κ3) is 2.86. The molecule has 0 spiro atoms. The van der Waals surface area contributed by atoms with Gasteiger partial charge in [-0.15, -0.1) is 0 Å². The van der Waals surface area contributed by atoms with E-state index in [-0.39, 0.29) is 0 Å². The molecule has 0 aromatic heterocycles. The normalized spacial score (nSPS) is 20.2. The molecule has 1 saturated heterocycles. The van der Waals surface area contributed by atoms with E-state index < -0.39 is 10.2 Å². The van der Waals surface area contributed by atoms with Crippen molar-refractivity contribution in [3.05, 3.63) is 29.3 Å². The first-order valence-electron chi connectivity index (χ1n) is 7.74. The van der Waals surface area contributed by atoms with Crippen LogP contribution in [0.3, 0.4) is 0 Å². The van der Waals surface area contributed by atoms with Crippen molar-refractivity contribution in [2.24, 2.45) is 0 Å². The zero-order valence-electron chi connectivity index (χ0n) is 13.2. The van der Waals surface area contributed by atoms with E-state index in [1.807, 2.05) is 0 Å². The topological polar surface area (TPSA) is 55.9 Å². The number of rotatable bonds is 3. The van der Waals surface area contributed by atoms with E-state index in [4.69, 9.17) is 0 Å². The summed E-state index contributed by atoms with van der Waals surface area (Å²) in [7, 11) is -0.174. The van der Waals surface area contributed by atoms with Crippen LogP contribution in [0.1, 0.15) is 11.1 Å². The maximum absolute atomic E-state index is 12.4. The second-order valence-electron chi connectivity index (χ2n) is 6.03. The van der Waals surface area contributed by atoms with E-state index >= 15 is 0 Å². The SMILES string of the molecule is CN(C)S(=O)(=O)N1CCc2cccc(N3CCNCC3)c2C1. The third-order valence-corrected chi connectivity index (χ3v) is 6.35. The lowest BCUT2D eigenvalue weighted by Crippen LogP contribution is -2.46. The van der Waals surface area contributed by atoms with Crippen LogP contribution in [0.2, 0.25) is 0 Å². The summed E-state index contributed by atoms with van der Waals surface area (Å²) in [6.07, 6.45) is 0.780. The standard InChI is InChI=1S/C15H24N4O2S/c1-17(2)22(20,21)19-9-6-13-4-3-5-15(14(13)12-19)18-10-7-16-8-11-18/h3-5,16H,6-12H2,1-2H3. The Hall–Kier alpha value is -1.15. The lowest BCUT2D eigenvalue weighted by Gasteiger charge is -2.36. The molecule has 1 aromatic rings. The van der Waals surface area contributed by atoms with Crippen molar-refractivity contribution in [2.45, 2.75) is 13.0 Å². The number of fused-ring (bicyclic) bond motifs is 1. The number of hydrogen-bond donors (Lipinski definition) is 1. The van der Waals surface area contributed by atoms with Gasteiger partial charge in [0.25, 0.3) is 10.2 Å². The van der Waals surface area contributed by atoms with Gasteiger partial charge in [0, 0.05) is 59.1 Å². The highest BCUT2D eigenvalue weighted by atomic mass is 32.2. The average Bonchev–Trinajstić information content (AvgIpc) is 2.54. The molecule has 7 heteroatoms. The van der Waals surface area contributed by atoms with Crippen molar-refractivity contribution in [3.63, 3.8) is 0 Å². The molecule has 1 aromatic carbocycles. The molecule has 0 saturated carbocycles. The molecule has 1 fully saturated rings. The van der Waals surface area contributed by atoms with Crippen LogP contribution in [0.15, 0.2) is 18.2 Å². The summed E-state index contributed by atoms with van der Waals surface area (Å²) in [5.41, 5.74) is 3.64. The molecule has 1 N–H and O–H groups in total. The van der Waals surface area contributed by atoms with Gasteiger partial charge in [-0.05, 0) is 23.6 Å². The first-order valence-corrected chi connectivity index (χ1v) is 9.14. The van der Waals surface area contributed by atoms with Crippen LogP contribution in [-0.2, 0) is 23.2 Å². The van der Waals surface area contributed by atoms with E-state index in [1.165, 1.54) is 21.1 Å². The average molecular weight is 324 g/mol. The Morgan fingerprint density at radius 1 is 1.14 bits per heavy atom. The molecule has 2 aliphatic rings. The Morgan fingerprint density at radius 3 is 2.55 bits per heavy atom. The van der Waals surface area contributed by atoms with Crippen LogP contribution < -0.4 is 10.2 Å². The quantitative estimate of drug-likeness (QED) is 0.867. The second-order valence-corrected chi connectivity index (χ2v) is 8.17. The predicted molar refractivity (Wildman–Crippen MR) is 88.2 cm³/mol. The molecule has 2 heterocycles. The summed E-state index contributed by atoms with van der Waals surface area (Å²) in [5.74, 6) is 0. The van der Waals surface area contributed by atoms with Crippen LogP contribution >= 0.6 is 0 Å². The van der Waals surface area contributed by atoms with E-state index in [2.05, 4.69) is 28.4 Å². The molecule has 0 atom stereocenters. The molecule has 6 nitrogen and oxygen atoms in total. The number of piperazine rings is 1. The summed E-state index contributed by atoms with van der Waals surface area (Å²) in [4.78, 5) is 2.36. The molecule has 0 amide bonds. The lowest BCUT2D eigenvalue weighted by atomic mass is 9.98. The van der Waals surface area contributed by atoms with E-state index in [1.54, 1.807) is 18.4 Å². The van der Waals surface area contributed by atoms with Crippen LogP contribution in [0, 0.1) is 0 Å². The molecule has 22 heavy (non-hydrogen) atoms. The molecule has 2 aliphatic heterocycles. The van der Waals surface area contributed by atoms with Gasteiger partial charge in [-0.1, -0.05) is 12.1 Å². The minimum absolute atomic E-state index is 0.468. The Labute approximate surface area is 132 Å².